The summed E-state index contributed by atoms with van der Waals surface area (Å²) in [6, 6.07) is 2.52. The molecule has 2 N–H and O–H groups in total. The second kappa shape index (κ2) is 7.44. The van der Waals surface area contributed by atoms with Gasteiger partial charge in [-0.25, -0.2) is 0 Å². The number of amides is 1. The Balaban J connectivity index is 1.76. The smallest absolute Gasteiger partial charge is 0.252 e. The quantitative estimate of drug-likeness (QED) is 0.777. The topological polar surface area (TPSA) is 52.6 Å². The van der Waals surface area contributed by atoms with Crippen molar-refractivity contribution in [2.75, 3.05) is 26.7 Å². The number of carbonyl (C=O) groups excluding carboxylic acids is 1. The number of aliphatic hydroxyl groups excluding tert-OH is 1. The minimum atomic E-state index is -0.0411. The van der Waals surface area contributed by atoms with E-state index in [1.54, 1.807) is 6.07 Å². The van der Waals surface area contributed by atoms with E-state index >= 15 is 0 Å². The molecule has 0 atom stereocenters. The standard InChI is InChI=1S/C15H20N2O2S/c1-17(13-5-6-13)8-7-16-15(19)12-10-14(20-11-12)4-2-3-9-18/h10-11,13,18H,3,5-9H2,1H3,(H,16,19). The summed E-state index contributed by atoms with van der Waals surface area (Å²) in [7, 11) is 2.10. The first kappa shape index (κ1) is 15.0. The van der Waals surface area contributed by atoms with Crippen LogP contribution >= 0.6 is 11.3 Å². The maximum absolute atomic E-state index is 11.9. The molecule has 20 heavy (non-hydrogen) atoms. The normalized spacial score (nSPS) is 13.9. The molecule has 1 aliphatic carbocycles. The highest BCUT2D eigenvalue weighted by molar-refractivity contribution is 7.10. The first-order valence-electron chi connectivity index (χ1n) is 6.87. The third kappa shape index (κ3) is 4.64. The van der Waals surface area contributed by atoms with Crippen molar-refractivity contribution in [2.24, 2.45) is 0 Å². The highest BCUT2D eigenvalue weighted by Gasteiger charge is 2.25. The molecule has 0 saturated heterocycles. The molecular formula is C15H20N2O2S. The van der Waals surface area contributed by atoms with E-state index in [-0.39, 0.29) is 12.5 Å². The number of aliphatic hydroxyl groups is 1. The molecule has 1 aliphatic rings. The fraction of sp³-hybridized carbons (Fsp3) is 0.533. The van der Waals surface area contributed by atoms with Crippen LogP contribution in [0.2, 0.25) is 0 Å². The van der Waals surface area contributed by atoms with Gasteiger partial charge in [-0.15, -0.1) is 11.3 Å². The maximum atomic E-state index is 11.9. The molecule has 4 nitrogen and oxygen atoms in total. The molecule has 0 bridgehead atoms. The molecule has 0 unspecified atom stereocenters. The third-order valence-corrected chi connectivity index (χ3v) is 4.08. The summed E-state index contributed by atoms with van der Waals surface area (Å²) >= 11 is 1.46. The van der Waals surface area contributed by atoms with Crippen LogP contribution in [0.15, 0.2) is 11.4 Å². The summed E-state index contributed by atoms with van der Waals surface area (Å²) in [4.78, 5) is 15.1. The first-order valence-corrected chi connectivity index (χ1v) is 7.75. The van der Waals surface area contributed by atoms with E-state index in [4.69, 9.17) is 5.11 Å². The molecular weight excluding hydrogens is 272 g/mol. The number of hydrogen-bond acceptors (Lipinski definition) is 4. The van der Waals surface area contributed by atoms with Crippen molar-refractivity contribution in [3.63, 3.8) is 0 Å². The van der Waals surface area contributed by atoms with Gasteiger partial charge in [-0.2, -0.15) is 0 Å². The summed E-state index contributed by atoms with van der Waals surface area (Å²) in [6.07, 6.45) is 3.03. The van der Waals surface area contributed by atoms with E-state index < -0.39 is 0 Å². The van der Waals surface area contributed by atoms with Gasteiger partial charge in [-0.05, 0) is 26.0 Å². The van der Waals surface area contributed by atoms with Crippen molar-refractivity contribution in [1.29, 1.82) is 0 Å². The van der Waals surface area contributed by atoms with Gasteiger partial charge >= 0.3 is 0 Å². The van der Waals surface area contributed by atoms with Crippen LogP contribution in [0.3, 0.4) is 0 Å². The van der Waals surface area contributed by atoms with Gasteiger partial charge in [0.25, 0.3) is 5.91 Å². The third-order valence-electron chi connectivity index (χ3n) is 3.23. The molecule has 108 valence electrons. The van der Waals surface area contributed by atoms with Crippen LogP contribution in [0, 0.1) is 11.8 Å². The molecule has 1 aromatic rings. The zero-order valence-corrected chi connectivity index (χ0v) is 12.5. The summed E-state index contributed by atoms with van der Waals surface area (Å²) in [5.41, 5.74) is 0.664. The number of nitrogens with one attached hydrogen (secondary N) is 1. The summed E-state index contributed by atoms with van der Waals surface area (Å²) in [5.74, 6) is 5.75. The van der Waals surface area contributed by atoms with Gasteiger partial charge < -0.3 is 15.3 Å². The molecule has 0 spiro atoms. The number of carbonyl (C=O) groups is 1. The van der Waals surface area contributed by atoms with Gasteiger partial charge in [0.15, 0.2) is 0 Å². The first-order chi connectivity index (χ1) is 9.70. The van der Waals surface area contributed by atoms with Gasteiger partial charge in [0.1, 0.15) is 0 Å². The fourth-order valence-corrected chi connectivity index (χ4v) is 2.63. The zero-order chi connectivity index (χ0) is 14.4. The van der Waals surface area contributed by atoms with E-state index in [0.717, 1.165) is 17.5 Å². The predicted molar refractivity (Wildman–Crippen MR) is 80.9 cm³/mol. The van der Waals surface area contributed by atoms with E-state index in [2.05, 4.69) is 29.1 Å². The molecule has 0 aliphatic heterocycles. The van der Waals surface area contributed by atoms with Crippen molar-refractivity contribution in [3.05, 3.63) is 21.9 Å². The zero-order valence-electron chi connectivity index (χ0n) is 11.7. The minimum absolute atomic E-state index is 0.0411. The lowest BCUT2D eigenvalue weighted by Gasteiger charge is -2.15. The Morgan fingerprint density at radius 3 is 3.10 bits per heavy atom. The molecule has 0 aromatic carbocycles. The molecule has 1 heterocycles. The summed E-state index contributed by atoms with van der Waals surface area (Å²) in [5, 5.41) is 13.4. The van der Waals surface area contributed by atoms with E-state index in [1.165, 1.54) is 24.2 Å². The van der Waals surface area contributed by atoms with Crippen molar-refractivity contribution < 1.29 is 9.90 Å². The second-order valence-corrected chi connectivity index (χ2v) is 5.85. The molecule has 0 radical (unpaired) electrons. The van der Waals surface area contributed by atoms with Gasteiger partial charge in [-0.3, -0.25) is 4.79 Å². The Morgan fingerprint density at radius 2 is 2.40 bits per heavy atom. The average Bonchev–Trinajstić information content (AvgIpc) is 3.18. The lowest BCUT2D eigenvalue weighted by atomic mass is 10.3. The van der Waals surface area contributed by atoms with Crippen LogP contribution < -0.4 is 5.32 Å². The molecule has 1 saturated carbocycles. The highest BCUT2D eigenvalue weighted by Crippen LogP contribution is 2.24. The monoisotopic (exact) mass is 292 g/mol. The largest absolute Gasteiger partial charge is 0.395 e. The predicted octanol–water partition coefficient (Wildman–Crippen LogP) is 1.31. The van der Waals surface area contributed by atoms with Crippen LogP contribution in [0.1, 0.15) is 34.5 Å². The number of hydrogen-bond donors (Lipinski definition) is 2. The highest BCUT2D eigenvalue weighted by atomic mass is 32.1. The Labute approximate surface area is 123 Å². The lowest BCUT2D eigenvalue weighted by molar-refractivity contribution is 0.0950. The summed E-state index contributed by atoms with van der Waals surface area (Å²) < 4.78 is 0. The molecule has 5 heteroatoms. The number of rotatable bonds is 6. The Hall–Kier alpha value is -1.35. The van der Waals surface area contributed by atoms with Crippen molar-refractivity contribution >= 4 is 17.2 Å². The van der Waals surface area contributed by atoms with Gasteiger partial charge in [-0.1, -0.05) is 11.8 Å². The SMILES string of the molecule is CN(CCNC(=O)c1csc(C#CCCO)c1)C1CC1. The molecule has 1 amide bonds. The Kier molecular flexibility index (Phi) is 5.60. The summed E-state index contributed by atoms with van der Waals surface area (Å²) in [6.45, 7) is 1.64. The molecule has 2 rings (SSSR count). The lowest BCUT2D eigenvalue weighted by Crippen LogP contribution is -2.33. The van der Waals surface area contributed by atoms with Crippen molar-refractivity contribution in [3.8, 4) is 11.8 Å². The van der Waals surface area contributed by atoms with E-state index in [9.17, 15) is 4.79 Å². The second-order valence-electron chi connectivity index (χ2n) is 4.94. The maximum Gasteiger partial charge on any atom is 0.252 e. The number of thiophene rings is 1. The fourth-order valence-electron chi connectivity index (χ4n) is 1.87. The molecule has 1 aromatic heterocycles. The molecule has 1 fully saturated rings. The van der Waals surface area contributed by atoms with Crippen LogP contribution in [0.5, 0.6) is 0 Å². The van der Waals surface area contributed by atoms with Crippen molar-refractivity contribution in [1.82, 2.24) is 10.2 Å². The van der Waals surface area contributed by atoms with Gasteiger partial charge in [0, 0.05) is 30.9 Å². The van der Waals surface area contributed by atoms with Crippen LogP contribution in [-0.2, 0) is 0 Å². The Bertz CT molecular complexity index is 511. The number of nitrogens with zero attached hydrogens (tertiary/aromatic N) is 1. The Morgan fingerprint density at radius 1 is 1.60 bits per heavy atom. The van der Waals surface area contributed by atoms with Crippen LogP contribution in [-0.4, -0.2) is 48.7 Å². The van der Waals surface area contributed by atoms with E-state index in [1.807, 2.05) is 5.38 Å². The van der Waals surface area contributed by atoms with E-state index in [0.29, 0.717) is 18.5 Å². The minimum Gasteiger partial charge on any atom is -0.395 e. The average molecular weight is 292 g/mol. The van der Waals surface area contributed by atoms with Crippen molar-refractivity contribution in [2.45, 2.75) is 25.3 Å². The van der Waals surface area contributed by atoms with Gasteiger partial charge in [0.2, 0.25) is 0 Å². The van der Waals surface area contributed by atoms with Gasteiger partial charge in [0.05, 0.1) is 17.0 Å². The van der Waals surface area contributed by atoms with Crippen LogP contribution in [0.4, 0.5) is 0 Å². The number of likely N-dealkylation sites (N-methyl/N-ethyl adjacent to an activating group) is 1. The van der Waals surface area contributed by atoms with Crippen LogP contribution in [0.25, 0.3) is 0 Å².